The van der Waals surface area contributed by atoms with E-state index in [2.05, 4.69) is 25.3 Å². The molecule has 4 rings (SSSR count). The number of nitrogens with one attached hydrogen (secondary N) is 1. The van der Waals surface area contributed by atoms with Gasteiger partial charge in [0.1, 0.15) is 5.60 Å². The molecule has 2 amide bonds. The van der Waals surface area contributed by atoms with Crippen LogP contribution in [0.15, 0.2) is 18.5 Å². The van der Waals surface area contributed by atoms with Crippen molar-refractivity contribution < 1.29 is 14.3 Å². The number of pyridine rings is 1. The molecular weight excluding hydrogens is 430 g/mol. The first kappa shape index (κ1) is 22.0. The van der Waals surface area contributed by atoms with Crippen LogP contribution >= 0.6 is 11.3 Å². The van der Waals surface area contributed by atoms with Crippen molar-refractivity contribution in [1.29, 1.82) is 0 Å². The molecule has 170 valence electrons. The Hall–Kier alpha value is -3.21. The van der Waals surface area contributed by atoms with Gasteiger partial charge in [0.15, 0.2) is 0 Å². The third-order valence-electron chi connectivity index (χ3n) is 4.92. The highest BCUT2D eigenvalue weighted by Crippen LogP contribution is 2.25. The minimum Gasteiger partial charge on any atom is -0.444 e. The van der Waals surface area contributed by atoms with E-state index in [1.807, 2.05) is 46.9 Å². The molecule has 0 bridgehead atoms. The summed E-state index contributed by atoms with van der Waals surface area (Å²) in [5.74, 6) is -0.282. The van der Waals surface area contributed by atoms with Gasteiger partial charge in [-0.15, -0.1) is 5.10 Å². The van der Waals surface area contributed by atoms with Gasteiger partial charge >= 0.3 is 6.09 Å². The van der Waals surface area contributed by atoms with Crippen LogP contribution in [0, 0.1) is 13.8 Å². The number of anilines is 2. The van der Waals surface area contributed by atoms with Crippen LogP contribution in [0.5, 0.6) is 0 Å². The summed E-state index contributed by atoms with van der Waals surface area (Å²) in [6, 6.07) is 1.90. The van der Waals surface area contributed by atoms with Gasteiger partial charge in [0.2, 0.25) is 10.1 Å². The van der Waals surface area contributed by atoms with Crippen molar-refractivity contribution in [2.75, 3.05) is 36.4 Å². The van der Waals surface area contributed by atoms with E-state index < -0.39 is 5.60 Å². The zero-order chi connectivity index (χ0) is 23.0. The number of nitrogens with zero attached hydrogens (tertiary/aromatic N) is 6. The summed E-state index contributed by atoms with van der Waals surface area (Å²) in [4.78, 5) is 38.6. The van der Waals surface area contributed by atoms with E-state index >= 15 is 0 Å². The number of carbonyl (C=O) groups excluding carboxylic acids is 2. The fourth-order valence-corrected chi connectivity index (χ4v) is 4.28. The number of aryl methyl sites for hydroxylation is 2. The maximum atomic E-state index is 13.1. The number of rotatable bonds is 3. The first-order chi connectivity index (χ1) is 15.1. The summed E-state index contributed by atoms with van der Waals surface area (Å²) >= 11 is 1.31. The minimum absolute atomic E-state index is 0.282. The number of ether oxygens (including phenoxy) is 1. The Morgan fingerprint density at radius 2 is 1.84 bits per heavy atom. The monoisotopic (exact) mass is 457 g/mol. The molecule has 0 aromatic carbocycles. The SMILES string of the molecule is Cc1cc(N2CCN(C(=O)OC(C)(C)C)CC2)c(C(=O)Nc2nn3cc(C)nc3s2)cn1. The van der Waals surface area contributed by atoms with Gasteiger partial charge in [-0.05, 0) is 40.7 Å². The highest BCUT2D eigenvalue weighted by Gasteiger charge is 2.28. The molecule has 10 nitrogen and oxygen atoms in total. The van der Waals surface area contributed by atoms with Crippen LogP contribution in [0.2, 0.25) is 0 Å². The zero-order valence-electron chi connectivity index (χ0n) is 18.9. The summed E-state index contributed by atoms with van der Waals surface area (Å²) in [7, 11) is 0. The topological polar surface area (TPSA) is 105 Å². The Bertz CT molecular complexity index is 1120. The smallest absolute Gasteiger partial charge is 0.410 e. The predicted octanol–water partition coefficient (Wildman–Crippen LogP) is 3.11. The Labute approximate surface area is 190 Å². The summed E-state index contributed by atoms with van der Waals surface area (Å²) in [6.07, 6.45) is 3.08. The second-order valence-electron chi connectivity index (χ2n) is 8.77. The third-order valence-corrected chi connectivity index (χ3v) is 5.76. The van der Waals surface area contributed by atoms with Crippen molar-refractivity contribution in [2.24, 2.45) is 0 Å². The normalized spacial score (nSPS) is 14.7. The van der Waals surface area contributed by atoms with Crippen LogP contribution in [0.3, 0.4) is 0 Å². The predicted molar refractivity (Wildman–Crippen MR) is 123 cm³/mol. The number of imidazole rings is 1. The van der Waals surface area contributed by atoms with Gasteiger partial charge < -0.3 is 14.5 Å². The van der Waals surface area contributed by atoms with E-state index in [1.54, 1.807) is 15.6 Å². The number of hydrogen-bond acceptors (Lipinski definition) is 8. The molecule has 1 N–H and O–H groups in total. The molecule has 0 unspecified atom stereocenters. The number of aromatic nitrogens is 4. The van der Waals surface area contributed by atoms with Crippen LogP contribution < -0.4 is 10.2 Å². The van der Waals surface area contributed by atoms with Gasteiger partial charge in [0.05, 0.1) is 23.1 Å². The molecule has 11 heteroatoms. The van der Waals surface area contributed by atoms with Crippen LogP contribution in [0.1, 0.15) is 42.5 Å². The van der Waals surface area contributed by atoms with Gasteiger partial charge in [0.25, 0.3) is 5.91 Å². The second-order valence-corrected chi connectivity index (χ2v) is 9.72. The molecule has 3 aromatic rings. The zero-order valence-corrected chi connectivity index (χ0v) is 19.7. The number of amides is 2. The molecule has 0 radical (unpaired) electrons. The van der Waals surface area contributed by atoms with E-state index in [4.69, 9.17) is 4.74 Å². The lowest BCUT2D eigenvalue weighted by atomic mass is 10.1. The number of hydrogen-bond donors (Lipinski definition) is 1. The van der Waals surface area contributed by atoms with E-state index in [9.17, 15) is 9.59 Å². The molecule has 32 heavy (non-hydrogen) atoms. The van der Waals surface area contributed by atoms with Crippen molar-refractivity contribution in [1.82, 2.24) is 24.5 Å². The van der Waals surface area contributed by atoms with Crippen molar-refractivity contribution in [2.45, 2.75) is 40.2 Å². The summed E-state index contributed by atoms with van der Waals surface area (Å²) < 4.78 is 7.13. The lowest BCUT2D eigenvalue weighted by Gasteiger charge is -2.37. The fourth-order valence-electron chi connectivity index (χ4n) is 3.46. The van der Waals surface area contributed by atoms with Crippen LogP contribution in [0.4, 0.5) is 15.6 Å². The highest BCUT2D eigenvalue weighted by molar-refractivity contribution is 7.20. The Balaban J connectivity index is 1.48. The Morgan fingerprint density at radius 3 is 2.50 bits per heavy atom. The second kappa shape index (κ2) is 8.38. The molecule has 0 atom stereocenters. The van der Waals surface area contributed by atoms with Crippen molar-refractivity contribution in [3.05, 3.63) is 35.4 Å². The van der Waals surface area contributed by atoms with E-state index in [-0.39, 0.29) is 12.0 Å². The minimum atomic E-state index is -0.530. The average molecular weight is 458 g/mol. The molecule has 4 heterocycles. The van der Waals surface area contributed by atoms with Gasteiger partial charge in [0, 0.05) is 38.1 Å². The van der Waals surface area contributed by atoms with Crippen LogP contribution in [-0.4, -0.2) is 68.3 Å². The summed E-state index contributed by atoms with van der Waals surface area (Å²) in [5.41, 5.74) is 2.41. The third kappa shape index (κ3) is 4.82. The molecule has 1 aliphatic heterocycles. The number of piperazine rings is 1. The first-order valence-electron chi connectivity index (χ1n) is 10.4. The van der Waals surface area contributed by atoms with Crippen molar-refractivity contribution >= 4 is 39.1 Å². The van der Waals surface area contributed by atoms with Gasteiger partial charge in [-0.3, -0.25) is 15.1 Å². The van der Waals surface area contributed by atoms with Gasteiger partial charge in [-0.2, -0.15) is 0 Å². The lowest BCUT2D eigenvalue weighted by molar-refractivity contribution is 0.0240. The maximum Gasteiger partial charge on any atom is 0.410 e. The molecule has 0 aliphatic carbocycles. The van der Waals surface area contributed by atoms with Crippen molar-refractivity contribution in [3.8, 4) is 0 Å². The van der Waals surface area contributed by atoms with E-state index in [1.165, 1.54) is 11.3 Å². The fraction of sp³-hybridized carbons (Fsp3) is 0.476. The lowest BCUT2D eigenvalue weighted by Crippen LogP contribution is -2.50. The standard InChI is InChI=1S/C21H27N7O3S/c1-13-10-16(26-6-8-27(9-7-26)20(30)31-21(3,4)5)15(11-22-13)17(29)24-18-25-28-12-14(2)23-19(28)32-18/h10-12H,6-9H2,1-5H3,(H,24,25,29). The largest absolute Gasteiger partial charge is 0.444 e. The molecule has 0 spiro atoms. The summed E-state index contributed by atoms with van der Waals surface area (Å²) in [6.45, 7) is 11.6. The molecule has 3 aromatic heterocycles. The maximum absolute atomic E-state index is 13.1. The number of fused-ring (bicyclic) bond motifs is 1. The Morgan fingerprint density at radius 1 is 1.12 bits per heavy atom. The summed E-state index contributed by atoms with van der Waals surface area (Å²) in [5, 5.41) is 7.70. The molecule has 1 fully saturated rings. The molecule has 1 aliphatic rings. The molecule has 0 saturated carbocycles. The number of carbonyl (C=O) groups is 2. The highest BCUT2D eigenvalue weighted by atomic mass is 32.1. The Kier molecular flexibility index (Phi) is 5.76. The van der Waals surface area contributed by atoms with E-state index in [0.717, 1.165) is 22.0 Å². The average Bonchev–Trinajstić information content (AvgIpc) is 3.23. The van der Waals surface area contributed by atoms with E-state index in [0.29, 0.717) is 36.9 Å². The molecular formula is C21H27N7O3S. The quantitative estimate of drug-likeness (QED) is 0.644. The van der Waals surface area contributed by atoms with Gasteiger partial charge in [-0.25, -0.2) is 14.3 Å². The van der Waals surface area contributed by atoms with Crippen molar-refractivity contribution in [3.63, 3.8) is 0 Å². The van der Waals surface area contributed by atoms with Crippen LogP contribution in [0.25, 0.3) is 4.96 Å². The molecule has 1 saturated heterocycles. The first-order valence-corrected chi connectivity index (χ1v) is 11.2. The van der Waals surface area contributed by atoms with Gasteiger partial charge in [-0.1, -0.05) is 11.3 Å². The van der Waals surface area contributed by atoms with Crippen LogP contribution in [-0.2, 0) is 4.74 Å².